The molecule has 0 aliphatic carbocycles. The molecule has 0 bridgehead atoms. The van der Waals surface area contributed by atoms with E-state index in [0.29, 0.717) is 11.4 Å². The average molecular weight is 451 g/mol. The number of nitrogens with zero attached hydrogens (tertiary/aromatic N) is 1. The number of aryl methyl sites for hydroxylation is 1. The molecule has 1 aliphatic heterocycles. The number of hydrogen-bond donors (Lipinski definition) is 1. The summed E-state index contributed by atoms with van der Waals surface area (Å²) in [4.78, 5) is 13.3. The molecule has 0 saturated carbocycles. The minimum Gasteiger partial charge on any atom is -0.476 e. The quantitative estimate of drug-likeness (QED) is 0.620. The number of carbonyl (C=O) groups excluding carboxylic acids is 1. The number of nitrogens with one attached hydrogen (secondary N) is 1. The van der Waals surface area contributed by atoms with E-state index >= 15 is 0 Å². The third kappa shape index (κ3) is 4.48. The highest BCUT2D eigenvalue weighted by molar-refractivity contribution is 7.92. The normalized spacial score (nSPS) is 16.6. The summed E-state index contributed by atoms with van der Waals surface area (Å²) in [5, 5.41) is 3.07. The lowest BCUT2D eigenvalue weighted by molar-refractivity contribution is -0.128. The van der Waals surface area contributed by atoms with E-state index in [0.717, 1.165) is 16.7 Å². The number of carbonyl (C=O) groups is 1. The van der Waals surface area contributed by atoms with E-state index in [2.05, 4.69) is 5.32 Å². The van der Waals surface area contributed by atoms with Crippen molar-refractivity contribution in [2.24, 2.45) is 0 Å². The Labute approximate surface area is 188 Å². The number of ether oxygens (including phenoxy) is 1. The Kier molecular flexibility index (Phi) is 6.19. The topological polar surface area (TPSA) is 75.7 Å². The molecule has 0 aromatic heterocycles. The van der Waals surface area contributed by atoms with Gasteiger partial charge in [-0.15, -0.1) is 0 Å². The summed E-state index contributed by atoms with van der Waals surface area (Å²) in [6.45, 7) is 3.52. The van der Waals surface area contributed by atoms with E-state index in [4.69, 9.17) is 4.74 Å². The van der Waals surface area contributed by atoms with Gasteiger partial charge in [0, 0.05) is 0 Å². The van der Waals surface area contributed by atoms with Gasteiger partial charge in [-0.1, -0.05) is 72.3 Å². The molecule has 7 heteroatoms. The zero-order valence-corrected chi connectivity index (χ0v) is 18.9. The van der Waals surface area contributed by atoms with Crippen molar-refractivity contribution in [1.29, 1.82) is 0 Å². The SMILES string of the molecule is CCS(=O)(=O)N1CC(C(=O)NC(c2ccccc2)c2ccc(C)cc2)Oc2ccccc21. The third-order valence-electron chi connectivity index (χ3n) is 5.56. The van der Waals surface area contributed by atoms with E-state index < -0.39 is 16.1 Å². The number of rotatable bonds is 6. The van der Waals surface area contributed by atoms with Crippen LogP contribution in [-0.4, -0.2) is 32.7 Å². The van der Waals surface area contributed by atoms with Crippen LogP contribution in [0.15, 0.2) is 78.9 Å². The molecule has 3 aromatic carbocycles. The number of hydrogen-bond acceptors (Lipinski definition) is 4. The van der Waals surface area contributed by atoms with Crippen molar-refractivity contribution in [2.45, 2.75) is 26.0 Å². The van der Waals surface area contributed by atoms with E-state index in [1.807, 2.05) is 61.5 Å². The van der Waals surface area contributed by atoms with Crippen LogP contribution in [0.1, 0.15) is 29.7 Å². The zero-order valence-electron chi connectivity index (χ0n) is 18.1. The second-order valence-electron chi connectivity index (χ2n) is 7.77. The van der Waals surface area contributed by atoms with Crippen LogP contribution in [0.4, 0.5) is 5.69 Å². The van der Waals surface area contributed by atoms with Gasteiger partial charge in [-0.3, -0.25) is 9.10 Å². The molecule has 166 valence electrons. The molecule has 6 nitrogen and oxygen atoms in total. The van der Waals surface area contributed by atoms with Crippen LogP contribution in [0.5, 0.6) is 5.75 Å². The van der Waals surface area contributed by atoms with Crippen molar-refractivity contribution in [1.82, 2.24) is 5.32 Å². The van der Waals surface area contributed by atoms with Gasteiger partial charge in [-0.25, -0.2) is 8.42 Å². The first-order valence-electron chi connectivity index (χ1n) is 10.6. The monoisotopic (exact) mass is 450 g/mol. The van der Waals surface area contributed by atoms with Crippen molar-refractivity contribution in [2.75, 3.05) is 16.6 Å². The molecule has 4 rings (SSSR count). The molecule has 1 aliphatic rings. The number of sulfonamides is 1. The van der Waals surface area contributed by atoms with Crippen LogP contribution in [0.25, 0.3) is 0 Å². The fourth-order valence-corrected chi connectivity index (χ4v) is 4.88. The van der Waals surface area contributed by atoms with Crippen molar-refractivity contribution in [3.05, 3.63) is 95.6 Å². The first-order chi connectivity index (χ1) is 15.4. The summed E-state index contributed by atoms with van der Waals surface area (Å²) in [6, 6.07) is 24.1. The Hall–Kier alpha value is -3.32. The maximum Gasteiger partial charge on any atom is 0.263 e. The molecule has 0 saturated heterocycles. The minimum absolute atomic E-state index is 0.0638. The Bertz CT molecular complexity index is 1190. The van der Waals surface area contributed by atoms with Crippen molar-refractivity contribution in [3.63, 3.8) is 0 Å². The summed E-state index contributed by atoms with van der Waals surface area (Å²) in [5.41, 5.74) is 3.44. The van der Waals surface area contributed by atoms with E-state index in [9.17, 15) is 13.2 Å². The molecule has 0 radical (unpaired) electrons. The molecule has 1 amide bonds. The fourth-order valence-electron chi connectivity index (χ4n) is 3.76. The maximum absolute atomic E-state index is 13.3. The summed E-state index contributed by atoms with van der Waals surface area (Å²) in [7, 11) is -3.57. The second-order valence-corrected chi connectivity index (χ2v) is 9.95. The fraction of sp³-hybridized carbons (Fsp3) is 0.240. The highest BCUT2D eigenvalue weighted by Gasteiger charge is 2.36. The van der Waals surface area contributed by atoms with Crippen LogP contribution in [0.2, 0.25) is 0 Å². The predicted molar refractivity (Wildman–Crippen MR) is 125 cm³/mol. The van der Waals surface area contributed by atoms with Gasteiger partial charge in [0.25, 0.3) is 5.91 Å². The predicted octanol–water partition coefficient (Wildman–Crippen LogP) is 3.82. The number of fused-ring (bicyclic) bond motifs is 1. The summed E-state index contributed by atoms with van der Waals surface area (Å²) in [5.74, 6) is -0.0566. The highest BCUT2D eigenvalue weighted by Crippen LogP contribution is 2.35. The van der Waals surface area contributed by atoms with E-state index in [1.54, 1.807) is 31.2 Å². The van der Waals surface area contributed by atoms with Crippen molar-refractivity contribution in [3.8, 4) is 5.75 Å². The Morgan fingerprint density at radius 3 is 2.31 bits per heavy atom. The van der Waals surface area contributed by atoms with Crippen molar-refractivity contribution < 1.29 is 17.9 Å². The number of benzene rings is 3. The Balaban J connectivity index is 1.64. The van der Waals surface area contributed by atoms with Crippen LogP contribution in [-0.2, 0) is 14.8 Å². The second kappa shape index (κ2) is 9.04. The Morgan fingerprint density at radius 1 is 1.00 bits per heavy atom. The lowest BCUT2D eigenvalue weighted by Gasteiger charge is -2.35. The van der Waals surface area contributed by atoms with Gasteiger partial charge in [0.2, 0.25) is 10.0 Å². The largest absolute Gasteiger partial charge is 0.476 e. The van der Waals surface area contributed by atoms with Crippen LogP contribution in [0, 0.1) is 6.92 Å². The zero-order chi connectivity index (χ0) is 22.7. The maximum atomic E-state index is 13.3. The molecule has 0 spiro atoms. The lowest BCUT2D eigenvalue weighted by Crippen LogP contribution is -2.51. The first kappa shape index (κ1) is 21.9. The van der Waals surface area contributed by atoms with Crippen LogP contribution >= 0.6 is 0 Å². The smallest absolute Gasteiger partial charge is 0.263 e. The average Bonchev–Trinajstić information content (AvgIpc) is 2.83. The highest BCUT2D eigenvalue weighted by atomic mass is 32.2. The number of anilines is 1. The molecular formula is C25H26N2O4S. The molecule has 32 heavy (non-hydrogen) atoms. The minimum atomic E-state index is -3.57. The first-order valence-corrected chi connectivity index (χ1v) is 12.2. The third-order valence-corrected chi connectivity index (χ3v) is 7.30. The number of amides is 1. The van der Waals surface area contributed by atoms with Gasteiger partial charge in [0.1, 0.15) is 5.75 Å². The molecule has 1 heterocycles. The molecule has 3 aromatic rings. The molecule has 0 fully saturated rings. The molecular weight excluding hydrogens is 424 g/mol. The lowest BCUT2D eigenvalue weighted by atomic mass is 9.97. The van der Waals surface area contributed by atoms with Gasteiger partial charge in [0.15, 0.2) is 6.10 Å². The molecule has 1 N–H and O–H groups in total. The van der Waals surface area contributed by atoms with E-state index in [-0.39, 0.29) is 24.2 Å². The summed E-state index contributed by atoms with van der Waals surface area (Å²) >= 11 is 0. The summed E-state index contributed by atoms with van der Waals surface area (Å²) in [6.07, 6.45) is -0.970. The van der Waals surface area contributed by atoms with E-state index in [1.165, 1.54) is 4.31 Å². The molecule has 2 atom stereocenters. The van der Waals surface area contributed by atoms with Gasteiger partial charge < -0.3 is 10.1 Å². The van der Waals surface area contributed by atoms with Gasteiger partial charge in [-0.2, -0.15) is 0 Å². The van der Waals surface area contributed by atoms with Gasteiger partial charge in [0.05, 0.1) is 24.0 Å². The number of para-hydroxylation sites is 2. The van der Waals surface area contributed by atoms with Gasteiger partial charge >= 0.3 is 0 Å². The van der Waals surface area contributed by atoms with Crippen LogP contribution in [0.3, 0.4) is 0 Å². The van der Waals surface area contributed by atoms with Gasteiger partial charge in [-0.05, 0) is 37.1 Å². The molecule has 2 unspecified atom stereocenters. The summed E-state index contributed by atoms with van der Waals surface area (Å²) < 4.78 is 32.7. The van der Waals surface area contributed by atoms with Crippen LogP contribution < -0.4 is 14.4 Å². The van der Waals surface area contributed by atoms with Crippen molar-refractivity contribution >= 4 is 21.6 Å². The Morgan fingerprint density at radius 2 is 1.62 bits per heavy atom. The standard InChI is InChI=1S/C25H26N2O4S/c1-3-32(29,30)27-17-23(31-22-12-8-7-11-21(22)27)25(28)26-24(19-9-5-4-6-10-19)20-15-13-18(2)14-16-20/h4-16,23-24H,3,17H2,1-2H3,(H,26,28).